The molecule has 1 aliphatic carbocycles. The van der Waals surface area contributed by atoms with Crippen LogP contribution in [-0.4, -0.2) is 16.5 Å². The molecule has 0 spiro atoms. The largest absolute Gasteiger partial charge is 0.508 e. The minimum atomic E-state index is -0.525. The van der Waals surface area contributed by atoms with Crippen molar-refractivity contribution in [2.24, 2.45) is 0 Å². The van der Waals surface area contributed by atoms with Crippen LogP contribution in [0.4, 0.5) is 0 Å². The molecule has 2 N–H and O–H groups in total. The standard InChI is InChI=1S/C10H10O3/c11-6-10(3-4-10)8-5-7(12)1-2-9(8)13/h1-2,5-6,12-13H,3-4H2. The topological polar surface area (TPSA) is 57.5 Å². The second kappa shape index (κ2) is 2.49. The van der Waals surface area contributed by atoms with Crippen LogP contribution in [0, 0.1) is 0 Å². The maximum absolute atomic E-state index is 10.8. The van der Waals surface area contributed by atoms with Crippen molar-refractivity contribution in [3.63, 3.8) is 0 Å². The Morgan fingerprint density at radius 3 is 2.54 bits per heavy atom. The van der Waals surface area contributed by atoms with E-state index in [4.69, 9.17) is 0 Å². The Kier molecular flexibility index (Phi) is 1.55. The van der Waals surface area contributed by atoms with E-state index < -0.39 is 5.41 Å². The SMILES string of the molecule is O=CC1(c2cc(O)ccc2O)CC1. The summed E-state index contributed by atoms with van der Waals surface area (Å²) in [5, 5.41) is 18.7. The number of hydrogen-bond acceptors (Lipinski definition) is 3. The average molecular weight is 178 g/mol. The zero-order valence-electron chi connectivity index (χ0n) is 7.03. The molecule has 0 bridgehead atoms. The van der Waals surface area contributed by atoms with Crippen LogP contribution in [0.1, 0.15) is 18.4 Å². The molecule has 0 radical (unpaired) electrons. The van der Waals surface area contributed by atoms with Gasteiger partial charge in [-0.2, -0.15) is 0 Å². The average Bonchev–Trinajstić information content (AvgIpc) is 2.90. The van der Waals surface area contributed by atoms with Crippen LogP contribution in [0.25, 0.3) is 0 Å². The predicted octanol–water partition coefficient (Wildman–Crippen LogP) is 1.33. The van der Waals surface area contributed by atoms with E-state index in [2.05, 4.69) is 0 Å². The number of aromatic hydroxyl groups is 2. The van der Waals surface area contributed by atoms with E-state index >= 15 is 0 Å². The van der Waals surface area contributed by atoms with Gasteiger partial charge in [-0.15, -0.1) is 0 Å². The molecule has 0 atom stereocenters. The monoisotopic (exact) mass is 178 g/mol. The second-order valence-electron chi connectivity index (χ2n) is 3.48. The van der Waals surface area contributed by atoms with Gasteiger partial charge in [-0.05, 0) is 31.0 Å². The molecule has 2 rings (SSSR count). The summed E-state index contributed by atoms with van der Waals surface area (Å²) >= 11 is 0. The number of benzene rings is 1. The molecule has 1 fully saturated rings. The summed E-state index contributed by atoms with van der Waals surface area (Å²) in [6.07, 6.45) is 2.36. The summed E-state index contributed by atoms with van der Waals surface area (Å²) in [6, 6.07) is 4.27. The first-order chi connectivity index (χ1) is 6.18. The van der Waals surface area contributed by atoms with Gasteiger partial charge in [0.15, 0.2) is 0 Å². The third-order valence-corrected chi connectivity index (χ3v) is 2.53. The maximum Gasteiger partial charge on any atom is 0.130 e. The minimum absolute atomic E-state index is 0.0842. The maximum atomic E-state index is 10.8. The zero-order valence-corrected chi connectivity index (χ0v) is 7.03. The summed E-state index contributed by atoms with van der Waals surface area (Å²) in [6.45, 7) is 0. The Bertz CT molecular complexity index is 353. The van der Waals surface area contributed by atoms with Crippen molar-refractivity contribution in [2.75, 3.05) is 0 Å². The Labute approximate surface area is 75.6 Å². The number of aldehydes is 1. The number of rotatable bonds is 2. The van der Waals surface area contributed by atoms with E-state index in [0.717, 1.165) is 19.1 Å². The van der Waals surface area contributed by atoms with Crippen molar-refractivity contribution in [3.8, 4) is 11.5 Å². The molecule has 0 aromatic heterocycles. The van der Waals surface area contributed by atoms with Crippen LogP contribution in [0.3, 0.4) is 0 Å². The zero-order chi connectivity index (χ0) is 9.47. The van der Waals surface area contributed by atoms with Gasteiger partial charge >= 0.3 is 0 Å². The fourth-order valence-electron chi connectivity index (χ4n) is 1.51. The van der Waals surface area contributed by atoms with Gasteiger partial charge in [-0.25, -0.2) is 0 Å². The quantitative estimate of drug-likeness (QED) is 0.530. The van der Waals surface area contributed by atoms with Gasteiger partial charge in [0.25, 0.3) is 0 Å². The lowest BCUT2D eigenvalue weighted by molar-refractivity contribution is -0.109. The Morgan fingerprint density at radius 1 is 1.31 bits per heavy atom. The smallest absolute Gasteiger partial charge is 0.130 e. The van der Waals surface area contributed by atoms with Crippen LogP contribution in [0.5, 0.6) is 11.5 Å². The molecule has 3 nitrogen and oxygen atoms in total. The van der Waals surface area contributed by atoms with E-state index in [0.29, 0.717) is 5.56 Å². The summed E-state index contributed by atoms with van der Waals surface area (Å²) in [5.41, 5.74) is 0.0190. The van der Waals surface area contributed by atoms with Gasteiger partial charge in [0.1, 0.15) is 17.8 Å². The van der Waals surface area contributed by atoms with Crippen molar-refractivity contribution >= 4 is 6.29 Å². The highest BCUT2D eigenvalue weighted by atomic mass is 16.3. The van der Waals surface area contributed by atoms with E-state index in [9.17, 15) is 15.0 Å². The Balaban J connectivity index is 2.50. The molecule has 1 aromatic rings. The molecule has 13 heavy (non-hydrogen) atoms. The van der Waals surface area contributed by atoms with Crippen LogP contribution in [0.2, 0.25) is 0 Å². The molecule has 3 heteroatoms. The first-order valence-electron chi connectivity index (χ1n) is 4.17. The Morgan fingerprint density at radius 2 is 2.00 bits per heavy atom. The number of carbonyl (C=O) groups is 1. The highest BCUT2D eigenvalue weighted by Crippen LogP contribution is 2.50. The van der Waals surface area contributed by atoms with Crippen LogP contribution >= 0.6 is 0 Å². The van der Waals surface area contributed by atoms with E-state index in [-0.39, 0.29) is 11.5 Å². The summed E-state index contributed by atoms with van der Waals surface area (Å²) < 4.78 is 0. The normalized spacial score (nSPS) is 18.2. The Hall–Kier alpha value is -1.51. The molecule has 0 saturated heterocycles. The molecule has 0 heterocycles. The van der Waals surface area contributed by atoms with Crippen molar-refractivity contribution in [1.29, 1.82) is 0 Å². The molecule has 1 aliphatic rings. The first kappa shape index (κ1) is 8.10. The lowest BCUT2D eigenvalue weighted by Gasteiger charge is -2.09. The highest BCUT2D eigenvalue weighted by molar-refractivity contribution is 5.75. The molecule has 1 aromatic carbocycles. The van der Waals surface area contributed by atoms with Crippen molar-refractivity contribution in [1.82, 2.24) is 0 Å². The van der Waals surface area contributed by atoms with Crippen LogP contribution < -0.4 is 0 Å². The number of carbonyl (C=O) groups excluding carboxylic acids is 1. The van der Waals surface area contributed by atoms with E-state index in [1.807, 2.05) is 0 Å². The molecule has 0 amide bonds. The van der Waals surface area contributed by atoms with Gasteiger partial charge in [0, 0.05) is 5.56 Å². The van der Waals surface area contributed by atoms with Gasteiger partial charge in [0.2, 0.25) is 0 Å². The lowest BCUT2D eigenvalue weighted by atomic mass is 9.96. The molecule has 0 unspecified atom stereocenters. The van der Waals surface area contributed by atoms with E-state index in [1.165, 1.54) is 18.2 Å². The lowest BCUT2D eigenvalue weighted by Crippen LogP contribution is -2.07. The highest BCUT2D eigenvalue weighted by Gasteiger charge is 2.46. The molecule has 68 valence electrons. The number of phenols is 2. The molecular formula is C10H10O3. The fourth-order valence-corrected chi connectivity index (χ4v) is 1.51. The van der Waals surface area contributed by atoms with Gasteiger partial charge in [-0.1, -0.05) is 0 Å². The fraction of sp³-hybridized carbons (Fsp3) is 0.300. The number of hydrogen-bond donors (Lipinski definition) is 2. The summed E-state index contributed by atoms with van der Waals surface area (Å²) in [5.74, 6) is 0.170. The minimum Gasteiger partial charge on any atom is -0.508 e. The van der Waals surface area contributed by atoms with Crippen LogP contribution in [0.15, 0.2) is 18.2 Å². The van der Waals surface area contributed by atoms with Gasteiger partial charge in [0.05, 0.1) is 5.41 Å². The van der Waals surface area contributed by atoms with Crippen molar-refractivity contribution in [2.45, 2.75) is 18.3 Å². The molecule has 0 aliphatic heterocycles. The van der Waals surface area contributed by atoms with E-state index in [1.54, 1.807) is 0 Å². The van der Waals surface area contributed by atoms with Crippen LogP contribution in [-0.2, 0) is 10.2 Å². The molecule has 1 saturated carbocycles. The van der Waals surface area contributed by atoms with Gasteiger partial charge < -0.3 is 15.0 Å². The first-order valence-corrected chi connectivity index (χ1v) is 4.17. The van der Waals surface area contributed by atoms with Gasteiger partial charge in [-0.3, -0.25) is 0 Å². The summed E-state index contributed by atoms with van der Waals surface area (Å²) in [7, 11) is 0. The molecular weight excluding hydrogens is 168 g/mol. The summed E-state index contributed by atoms with van der Waals surface area (Å²) in [4.78, 5) is 10.8. The van der Waals surface area contributed by atoms with Crippen molar-refractivity contribution < 1.29 is 15.0 Å². The van der Waals surface area contributed by atoms with Crippen molar-refractivity contribution in [3.05, 3.63) is 23.8 Å². The third-order valence-electron chi connectivity index (χ3n) is 2.53. The predicted molar refractivity (Wildman–Crippen MR) is 46.7 cm³/mol. The second-order valence-corrected chi connectivity index (χ2v) is 3.48. The third kappa shape index (κ3) is 1.16. The number of phenolic OH excluding ortho intramolecular Hbond substituents is 2.